The highest BCUT2D eigenvalue weighted by molar-refractivity contribution is 5.92. The number of amides is 2. The Kier molecular flexibility index (Phi) is 6.00. The van der Waals surface area contributed by atoms with Crippen molar-refractivity contribution in [3.8, 4) is 0 Å². The van der Waals surface area contributed by atoms with E-state index in [1.807, 2.05) is 35.6 Å². The van der Waals surface area contributed by atoms with Crippen LogP contribution in [0.25, 0.3) is 6.08 Å². The molecule has 1 saturated heterocycles. The number of nitrogens with one attached hydrogen (secondary N) is 1. The van der Waals surface area contributed by atoms with Gasteiger partial charge in [0.15, 0.2) is 0 Å². The van der Waals surface area contributed by atoms with Gasteiger partial charge in [-0.15, -0.1) is 0 Å². The maximum atomic E-state index is 12.1. The first-order valence-corrected chi connectivity index (χ1v) is 7.71. The van der Waals surface area contributed by atoms with Gasteiger partial charge in [-0.25, -0.2) is 0 Å². The van der Waals surface area contributed by atoms with Gasteiger partial charge in [-0.05, 0) is 24.5 Å². The predicted molar refractivity (Wildman–Crippen MR) is 83.8 cm³/mol. The zero-order valence-corrected chi connectivity index (χ0v) is 13.1. The number of carbonyl (C=O) groups excluding carboxylic acids is 2. The molecule has 1 fully saturated rings. The zero-order valence-electron chi connectivity index (χ0n) is 13.1. The number of rotatable bonds is 4. The van der Waals surface area contributed by atoms with Gasteiger partial charge in [0.25, 0.3) is 0 Å². The third-order valence-corrected chi connectivity index (χ3v) is 3.86. The average molecular weight is 340 g/mol. The van der Waals surface area contributed by atoms with Crippen LogP contribution < -0.4 is 5.32 Å². The maximum Gasteiger partial charge on any atom is 0.405 e. The molecule has 1 aliphatic heterocycles. The summed E-state index contributed by atoms with van der Waals surface area (Å²) < 4.78 is 36.3. The fraction of sp³-hybridized carbons (Fsp3) is 0.412. The molecule has 7 heteroatoms. The minimum atomic E-state index is -4.41. The lowest BCUT2D eigenvalue weighted by Crippen LogP contribution is -2.44. The highest BCUT2D eigenvalue weighted by atomic mass is 19.4. The number of halogens is 3. The van der Waals surface area contributed by atoms with Crippen molar-refractivity contribution in [1.29, 1.82) is 0 Å². The van der Waals surface area contributed by atoms with Crippen molar-refractivity contribution in [2.75, 3.05) is 19.6 Å². The van der Waals surface area contributed by atoms with Crippen LogP contribution in [0.3, 0.4) is 0 Å². The molecule has 1 heterocycles. The molecule has 130 valence electrons. The van der Waals surface area contributed by atoms with Crippen molar-refractivity contribution < 1.29 is 22.8 Å². The molecule has 1 aliphatic rings. The van der Waals surface area contributed by atoms with E-state index in [2.05, 4.69) is 0 Å². The van der Waals surface area contributed by atoms with E-state index >= 15 is 0 Å². The van der Waals surface area contributed by atoms with Crippen molar-refractivity contribution in [2.24, 2.45) is 5.92 Å². The lowest BCUT2D eigenvalue weighted by Gasteiger charge is -2.30. The first-order chi connectivity index (χ1) is 11.3. The van der Waals surface area contributed by atoms with Gasteiger partial charge < -0.3 is 10.2 Å². The molecule has 0 saturated carbocycles. The number of nitrogens with zero attached hydrogens (tertiary/aromatic N) is 1. The van der Waals surface area contributed by atoms with E-state index in [4.69, 9.17) is 0 Å². The summed E-state index contributed by atoms with van der Waals surface area (Å²) >= 11 is 0. The second-order valence-electron chi connectivity index (χ2n) is 5.68. The van der Waals surface area contributed by atoms with Gasteiger partial charge in [-0.2, -0.15) is 13.2 Å². The van der Waals surface area contributed by atoms with Crippen LogP contribution in [0.4, 0.5) is 13.2 Å². The lowest BCUT2D eigenvalue weighted by molar-refractivity contribution is -0.142. The molecule has 0 unspecified atom stereocenters. The van der Waals surface area contributed by atoms with E-state index in [-0.39, 0.29) is 5.91 Å². The quantitative estimate of drug-likeness (QED) is 0.857. The molecule has 0 radical (unpaired) electrons. The summed E-state index contributed by atoms with van der Waals surface area (Å²) in [5.74, 6) is -1.23. The van der Waals surface area contributed by atoms with Crippen LogP contribution in [0.1, 0.15) is 18.4 Å². The Morgan fingerprint density at radius 3 is 2.38 bits per heavy atom. The van der Waals surface area contributed by atoms with E-state index in [0.29, 0.717) is 25.9 Å². The number of likely N-dealkylation sites (tertiary alicyclic amines) is 1. The summed E-state index contributed by atoms with van der Waals surface area (Å²) in [5.41, 5.74) is 0.910. The number of alkyl halides is 3. The normalized spacial score (nSPS) is 16.4. The SMILES string of the molecule is O=C(NCC(F)(F)F)C1CCN(C(=O)C=Cc2ccccc2)CC1. The predicted octanol–water partition coefficient (Wildman–Crippen LogP) is 2.62. The Bertz CT molecular complexity index is 592. The Balaban J connectivity index is 1.78. The summed E-state index contributed by atoms with van der Waals surface area (Å²) in [6.07, 6.45) is -0.485. The van der Waals surface area contributed by atoms with Gasteiger partial charge >= 0.3 is 6.18 Å². The van der Waals surface area contributed by atoms with Crippen LogP contribution in [0.5, 0.6) is 0 Å². The van der Waals surface area contributed by atoms with Crippen molar-refractivity contribution in [1.82, 2.24) is 10.2 Å². The highest BCUT2D eigenvalue weighted by Gasteiger charge is 2.31. The minimum absolute atomic E-state index is 0.159. The molecular formula is C17H19F3N2O2. The van der Waals surface area contributed by atoms with Gasteiger partial charge in [-0.1, -0.05) is 30.3 Å². The molecule has 4 nitrogen and oxygen atoms in total. The van der Waals surface area contributed by atoms with Crippen LogP contribution in [0, 0.1) is 5.92 Å². The average Bonchev–Trinajstić information content (AvgIpc) is 2.58. The molecule has 1 N–H and O–H groups in total. The summed E-state index contributed by atoms with van der Waals surface area (Å²) in [6.45, 7) is -0.588. The van der Waals surface area contributed by atoms with Gasteiger partial charge in [0.2, 0.25) is 11.8 Å². The van der Waals surface area contributed by atoms with Gasteiger partial charge in [0.1, 0.15) is 6.54 Å². The fourth-order valence-corrected chi connectivity index (χ4v) is 2.53. The first kappa shape index (κ1) is 18.0. The minimum Gasteiger partial charge on any atom is -0.347 e. The number of piperidine rings is 1. The maximum absolute atomic E-state index is 12.1. The summed E-state index contributed by atoms with van der Waals surface area (Å²) in [6, 6.07) is 9.38. The molecule has 0 aliphatic carbocycles. The molecule has 2 amide bonds. The zero-order chi connectivity index (χ0) is 17.6. The second-order valence-corrected chi connectivity index (χ2v) is 5.68. The van der Waals surface area contributed by atoms with Crippen LogP contribution in [-0.2, 0) is 9.59 Å². The topological polar surface area (TPSA) is 49.4 Å². The van der Waals surface area contributed by atoms with E-state index in [9.17, 15) is 22.8 Å². The van der Waals surface area contributed by atoms with Crippen molar-refractivity contribution in [3.05, 3.63) is 42.0 Å². The van der Waals surface area contributed by atoms with E-state index < -0.39 is 24.5 Å². The lowest BCUT2D eigenvalue weighted by atomic mass is 9.96. The van der Waals surface area contributed by atoms with E-state index in [0.717, 1.165) is 5.56 Å². The highest BCUT2D eigenvalue weighted by Crippen LogP contribution is 2.19. The number of hydrogen-bond acceptors (Lipinski definition) is 2. The largest absolute Gasteiger partial charge is 0.405 e. The fourth-order valence-electron chi connectivity index (χ4n) is 2.53. The number of carbonyl (C=O) groups is 2. The van der Waals surface area contributed by atoms with Crippen molar-refractivity contribution in [2.45, 2.75) is 19.0 Å². The Morgan fingerprint density at radius 1 is 1.17 bits per heavy atom. The Morgan fingerprint density at radius 2 is 1.79 bits per heavy atom. The molecule has 0 aromatic heterocycles. The smallest absolute Gasteiger partial charge is 0.347 e. The molecule has 1 aromatic carbocycles. The van der Waals surface area contributed by atoms with Crippen LogP contribution in [0.2, 0.25) is 0 Å². The van der Waals surface area contributed by atoms with Crippen LogP contribution in [-0.4, -0.2) is 42.5 Å². The Hall–Kier alpha value is -2.31. The Labute approximate surface area is 138 Å². The second kappa shape index (κ2) is 7.99. The third kappa shape index (κ3) is 5.72. The van der Waals surface area contributed by atoms with Crippen LogP contribution in [0.15, 0.2) is 36.4 Å². The first-order valence-electron chi connectivity index (χ1n) is 7.71. The molecule has 24 heavy (non-hydrogen) atoms. The standard InChI is InChI=1S/C17H19F3N2O2/c18-17(19,20)12-21-16(24)14-8-10-22(11-9-14)15(23)7-6-13-4-2-1-3-5-13/h1-7,14H,8-12H2,(H,21,24). The monoisotopic (exact) mass is 340 g/mol. The summed E-state index contributed by atoms with van der Waals surface area (Å²) in [4.78, 5) is 25.4. The molecular weight excluding hydrogens is 321 g/mol. The third-order valence-electron chi connectivity index (χ3n) is 3.86. The van der Waals surface area contributed by atoms with Gasteiger partial charge in [0, 0.05) is 25.1 Å². The molecule has 0 bridgehead atoms. The van der Waals surface area contributed by atoms with Gasteiger partial charge in [0.05, 0.1) is 0 Å². The summed E-state index contributed by atoms with van der Waals surface area (Å²) in [5, 5.41) is 1.90. The van der Waals surface area contributed by atoms with E-state index in [1.54, 1.807) is 11.0 Å². The number of benzene rings is 1. The van der Waals surface area contributed by atoms with Crippen LogP contribution >= 0.6 is 0 Å². The van der Waals surface area contributed by atoms with Crippen molar-refractivity contribution in [3.63, 3.8) is 0 Å². The molecule has 1 aromatic rings. The number of hydrogen-bond donors (Lipinski definition) is 1. The molecule has 0 atom stereocenters. The molecule has 0 spiro atoms. The molecule has 2 rings (SSSR count). The van der Waals surface area contributed by atoms with E-state index in [1.165, 1.54) is 6.08 Å². The van der Waals surface area contributed by atoms with Gasteiger partial charge in [-0.3, -0.25) is 9.59 Å². The van der Waals surface area contributed by atoms with Crippen molar-refractivity contribution >= 4 is 17.9 Å². The summed E-state index contributed by atoms with van der Waals surface area (Å²) in [7, 11) is 0.